The number of alkyl halides is 1. The lowest BCUT2D eigenvalue weighted by molar-refractivity contribution is 1.11. The molecule has 0 atom stereocenters. The van der Waals surface area contributed by atoms with Gasteiger partial charge in [0.25, 0.3) is 0 Å². The van der Waals surface area contributed by atoms with E-state index in [1.54, 1.807) is 0 Å². The molecule has 14 heavy (non-hydrogen) atoms. The Bertz CT molecular complexity index is 291. The lowest BCUT2D eigenvalue weighted by Gasteiger charge is -2.03. The molecule has 0 saturated carbocycles. The molecule has 0 saturated heterocycles. The minimum atomic E-state index is 0.737. The highest BCUT2D eigenvalue weighted by Crippen LogP contribution is 2.25. The summed E-state index contributed by atoms with van der Waals surface area (Å²) < 4.78 is 1.03. The lowest BCUT2D eigenvalue weighted by Crippen LogP contribution is -1.86. The fourth-order valence-corrected chi connectivity index (χ4v) is 3.05. The number of rotatable bonds is 5. The molecule has 1 aromatic carbocycles. The summed E-state index contributed by atoms with van der Waals surface area (Å²) in [6, 6.07) is 6.00. The van der Waals surface area contributed by atoms with Gasteiger partial charge in [-0.05, 0) is 29.9 Å². The standard InChI is InChI=1S/C10H11BrCl2S/c11-9-3-2-8(10(13)6-9)7-14-5-1-4-12/h2-3,6H,1,4-5,7H2. The predicted octanol–water partition coefficient (Wildman–Crippen LogP) is 4.96. The highest BCUT2D eigenvalue weighted by Gasteiger charge is 2.00. The van der Waals surface area contributed by atoms with Crippen LogP contribution < -0.4 is 0 Å². The quantitative estimate of drug-likeness (QED) is 0.546. The van der Waals surface area contributed by atoms with Crippen molar-refractivity contribution in [3.63, 3.8) is 0 Å². The Kier molecular flexibility index (Phi) is 6.34. The third-order valence-corrected chi connectivity index (χ3v) is 3.90. The molecule has 1 rings (SSSR count). The molecule has 0 bridgehead atoms. The van der Waals surface area contributed by atoms with Gasteiger partial charge in [-0.25, -0.2) is 0 Å². The normalized spacial score (nSPS) is 10.5. The van der Waals surface area contributed by atoms with Gasteiger partial charge in [0.1, 0.15) is 0 Å². The maximum Gasteiger partial charge on any atom is 0.0457 e. The largest absolute Gasteiger partial charge is 0.157 e. The maximum absolute atomic E-state index is 6.07. The zero-order valence-electron chi connectivity index (χ0n) is 7.60. The highest BCUT2D eigenvalue weighted by molar-refractivity contribution is 9.10. The first-order chi connectivity index (χ1) is 6.74. The summed E-state index contributed by atoms with van der Waals surface area (Å²) in [6.45, 7) is 0. The van der Waals surface area contributed by atoms with Gasteiger partial charge in [-0.3, -0.25) is 0 Å². The van der Waals surface area contributed by atoms with Crippen molar-refractivity contribution in [2.75, 3.05) is 11.6 Å². The van der Waals surface area contributed by atoms with Crippen molar-refractivity contribution in [1.29, 1.82) is 0 Å². The molecule has 0 spiro atoms. The fraction of sp³-hybridized carbons (Fsp3) is 0.400. The summed E-state index contributed by atoms with van der Waals surface area (Å²) in [5.74, 6) is 2.79. The van der Waals surface area contributed by atoms with Crippen LogP contribution in [0.15, 0.2) is 22.7 Å². The first kappa shape index (κ1) is 12.7. The number of thioether (sulfide) groups is 1. The van der Waals surface area contributed by atoms with E-state index >= 15 is 0 Å². The third kappa shape index (κ3) is 4.43. The Balaban J connectivity index is 2.42. The number of hydrogen-bond donors (Lipinski definition) is 0. The Labute approximate surface area is 107 Å². The molecular formula is C10H11BrCl2S. The minimum Gasteiger partial charge on any atom is -0.157 e. The molecule has 0 aromatic heterocycles. The second-order valence-electron chi connectivity index (χ2n) is 2.83. The number of halogens is 3. The summed E-state index contributed by atoms with van der Waals surface area (Å²) in [6.07, 6.45) is 1.06. The summed E-state index contributed by atoms with van der Waals surface area (Å²) in [5, 5.41) is 0.831. The molecule has 0 aliphatic heterocycles. The van der Waals surface area contributed by atoms with Gasteiger partial charge >= 0.3 is 0 Å². The van der Waals surface area contributed by atoms with Gasteiger partial charge in [0.05, 0.1) is 0 Å². The SMILES string of the molecule is ClCCCSCc1ccc(Br)cc1Cl. The van der Waals surface area contributed by atoms with Crippen LogP contribution in [0.1, 0.15) is 12.0 Å². The molecule has 1 aromatic rings. The monoisotopic (exact) mass is 312 g/mol. The first-order valence-corrected chi connectivity index (χ1v) is 7.17. The average Bonchev–Trinajstić information content (AvgIpc) is 2.15. The molecule has 0 heterocycles. The lowest BCUT2D eigenvalue weighted by atomic mass is 10.2. The second-order valence-corrected chi connectivity index (χ2v) is 5.64. The topological polar surface area (TPSA) is 0 Å². The van der Waals surface area contributed by atoms with Crippen LogP contribution in [-0.2, 0) is 5.75 Å². The fourth-order valence-electron chi connectivity index (χ4n) is 0.977. The molecule has 78 valence electrons. The van der Waals surface area contributed by atoms with Crippen LogP contribution in [0.4, 0.5) is 0 Å². The van der Waals surface area contributed by atoms with E-state index in [1.807, 2.05) is 23.9 Å². The van der Waals surface area contributed by atoms with Crippen molar-refractivity contribution in [1.82, 2.24) is 0 Å². The zero-order valence-corrected chi connectivity index (χ0v) is 11.5. The number of benzene rings is 1. The smallest absolute Gasteiger partial charge is 0.0457 e. The molecule has 0 radical (unpaired) electrons. The van der Waals surface area contributed by atoms with Crippen LogP contribution in [0.5, 0.6) is 0 Å². The molecule has 0 amide bonds. The maximum atomic E-state index is 6.07. The van der Waals surface area contributed by atoms with Gasteiger partial charge in [-0.2, -0.15) is 11.8 Å². The Hall–Kier alpha value is 0.630. The van der Waals surface area contributed by atoms with Crippen molar-refractivity contribution >= 4 is 50.9 Å². The first-order valence-electron chi connectivity index (χ1n) is 4.31. The van der Waals surface area contributed by atoms with Crippen LogP contribution >= 0.6 is 50.9 Å². The van der Waals surface area contributed by atoms with Crippen LogP contribution in [0.25, 0.3) is 0 Å². The van der Waals surface area contributed by atoms with Crippen LogP contribution in [0.3, 0.4) is 0 Å². The summed E-state index contributed by atoms with van der Waals surface area (Å²) >= 11 is 16.9. The zero-order chi connectivity index (χ0) is 10.4. The molecule has 4 heteroatoms. The van der Waals surface area contributed by atoms with Crippen LogP contribution in [0, 0.1) is 0 Å². The van der Waals surface area contributed by atoms with Crippen molar-refractivity contribution in [2.24, 2.45) is 0 Å². The van der Waals surface area contributed by atoms with Gasteiger partial charge < -0.3 is 0 Å². The Morgan fingerprint density at radius 1 is 1.36 bits per heavy atom. The predicted molar refractivity (Wildman–Crippen MR) is 70.7 cm³/mol. The van der Waals surface area contributed by atoms with E-state index in [1.165, 1.54) is 5.56 Å². The second kappa shape index (κ2) is 7.00. The Morgan fingerprint density at radius 3 is 2.79 bits per heavy atom. The van der Waals surface area contributed by atoms with Gasteiger partial charge in [0, 0.05) is 21.1 Å². The summed E-state index contributed by atoms with van der Waals surface area (Å²) in [5.41, 5.74) is 1.19. The average molecular weight is 314 g/mol. The molecular weight excluding hydrogens is 303 g/mol. The number of hydrogen-bond acceptors (Lipinski definition) is 1. The van der Waals surface area contributed by atoms with Crippen molar-refractivity contribution in [3.05, 3.63) is 33.3 Å². The van der Waals surface area contributed by atoms with Gasteiger partial charge in [-0.15, -0.1) is 11.6 Å². The van der Waals surface area contributed by atoms with Crippen molar-refractivity contribution < 1.29 is 0 Å². The highest BCUT2D eigenvalue weighted by atomic mass is 79.9. The van der Waals surface area contributed by atoms with Gasteiger partial charge in [0.15, 0.2) is 0 Å². The van der Waals surface area contributed by atoms with E-state index in [9.17, 15) is 0 Å². The van der Waals surface area contributed by atoms with E-state index in [-0.39, 0.29) is 0 Å². The van der Waals surface area contributed by atoms with E-state index in [0.29, 0.717) is 0 Å². The van der Waals surface area contributed by atoms with Crippen molar-refractivity contribution in [3.8, 4) is 0 Å². The van der Waals surface area contributed by atoms with Crippen molar-refractivity contribution in [2.45, 2.75) is 12.2 Å². The molecule has 0 nitrogen and oxygen atoms in total. The van der Waals surface area contributed by atoms with Crippen LogP contribution in [0.2, 0.25) is 5.02 Å². The minimum absolute atomic E-state index is 0.737. The molecule has 0 aliphatic carbocycles. The van der Waals surface area contributed by atoms with Gasteiger partial charge in [0.2, 0.25) is 0 Å². The summed E-state index contributed by atoms with van der Waals surface area (Å²) in [7, 11) is 0. The van der Waals surface area contributed by atoms with E-state index in [2.05, 4.69) is 22.0 Å². The molecule has 0 fully saturated rings. The van der Waals surface area contributed by atoms with Crippen LogP contribution in [-0.4, -0.2) is 11.6 Å². The molecule has 0 aliphatic rings. The third-order valence-electron chi connectivity index (χ3n) is 1.69. The molecule has 0 N–H and O–H groups in total. The van der Waals surface area contributed by atoms with E-state index in [0.717, 1.165) is 33.3 Å². The van der Waals surface area contributed by atoms with Gasteiger partial charge in [-0.1, -0.05) is 33.6 Å². The molecule has 0 unspecified atom stereocenters. The summed E-state index contributed by atoms with van der Waals surface area (Å²) in [4.78, 5) is 0. The Morgan fingerprint density at radius 2 is 2.14 bits per heavy atom. The van der Waals surface area contributed by atoms with E-state index in [4.69, 9.17) is 23.2 Å². The van der Waals surface area contributed by atoms with E-state index < -0.39 is 0 Å².